The molecule has 2 N–H and O–H groups in total. The van der Waals surface area contributed by atoms with Gasteiger partial charge in [-0.25, -0.2) is 8.42 Å². The summed E-state index contributed by atoms with van der Waals surface area (Å²) in [6, 6.07) is 6.21. The fourth-order valence-corrected chi connectivity index (χ4v) is 2.44. The van der Waals surface area contributed by atoms with Crippen molar-refractivity contribution in [1.82, 2.24) is 0 Å². The van der Waals surface area contributed by atoms with Gasteiger partial charge < -0.3 is 14.5 Å². The molecule has 0 unspecified atom stereocenters. The molecule has 1 aromatic heterocycles. The fourth-order valence-electron chi connectivity index (χ4n) is 1.88. The topological polar surface area (TPSA) is 97.6 Å². The Labute approximate surface area is 128 Å². The molecule has 0 aliphatic heterocycles. The molecular weight excluding hydrogens is 308 g/mol. The van der Waals surface area contributed by atoms with Gasteiger partial charge in [-0.2, -0.15) is 0 Å². The van der Waals surface area contributed by atoms with Crippen molar-refractivity contribution in [3.8, 4) is 5.75 Å². The Morgan fingerprint density at radius 3 is 2.55 bits per heavy atom. The fraction of sp³-hybridized carbons (Fsp3) is 0.214. The van der Waals surface area contributed by atoms with E-state index < -0.39 is 10.0 Å². The monoisotopic (exact) mass is 324 g/mol. The second-order valence-electron chi connectivity index (χ2n) is 4.63. The molecule has 0 spiro atoms. The largest absolute Gasteiger partial charge is 0.495 e. The number of carbonyl (C=O) groups is 1. The van der Waals surface area contributed by atoms with Gasteiger partial charge in [0.2, 0.25) is 10.0 Å². The highest BCUT2D eigenvalue weighted by Crippen LogP contribution is 2.28. The van der Waals surface area contributed by atoms with Crippen molar-refractivity contribution in [1.29, 1.82) is 0 Å². The standard InChI is InChI=1S/C14H16N2O5S/c1-9-11(6-7-21-9)14(17)15-10-4-5-13(20-2)12(8-10)16-22(3,18)19/h4-8,16H,1-3H3,(H,15,17). The maximum Gasteiger partial charge on any atom is 0.259 e. The van der Waals surface area contributed by atoms with Gasteiger partial charge in [0.05, 0.1) is 30.9 Å². The predicted molar refractivity (Wildman–Crippen MR) is 82.9 cm³/mol. The number of methoxy groups -OCH3 is 1. The Hall–Kier alpha value is -2.48. The summed E-state index contributed by atoms with van der Waals surface area (Å²) in [5.74, 6) is 0.505. The number of aryl methyl sites for hydroxylation is 1. The molecule has 118 valence electrons. The lowest BCUT2D eigenvalue weighted by Gasteiger charge is -2.12. The van der Waals surface area contributed by atoms with Gasteiger partial charge >= 0.3 is 0 Å². The highest BCUT2D eigenvalue weighted by molar-refractivity contribution is 7.92. The third-order valence-electron chi connectivity index (χ3n) is 2.86. The SMILES string of the molecule is COc1ccc(NC(=O)c2ccoc2C)cc1NS(C)(=O)=O. The van der Waals surface area contributed by atoms with Crippen molar-refractivity contribution >= 4 is 27.3 Å². The molecule has 7 nitrogen and oxygen atoms in total. The molecule has 0 bridgehead atoms. The van der Waals surface area contributed by atoms with Crippen molar-refractivity contribution < 1.29 is 22.4 Å². The first-order valence-electron chi connectivity index (χ1n) is 6.31. The van der Waals surface area contributed by atoms with Gasteiger partial charge in [-0.05, 0) is 31.2 Å². The third-order valence-corrected chi connectivity index (χ3v) is 3.45. The molecule has 1 amide bonds. The lowest BCUT2D eigenvalue weighted by atomic mass is 10.2. The van der Waals surface area contributed by atoms with Crippen LogP contribution in [0.4, 0.5) is 11.4 Å². The summed E-state index contributed by atoms with van der Waals surface area (Å²) in [6.07, 6.45) is 2.46. The maximum atomic E-state index is 12.1. The number of furan rings is 1. The summed E-state index contributed by atoms with van der Waals surface area (Å²) in [4.78, 5) is 12.1. The zero-order chi connectivity index (χ0) is 16.3. The quantitative estimate of drug-likeness (QED) is 0.879. The summed E-state index contributed by atoms with van der Waals surface area (Å²) in [6.45, 7) is 1.68. The van der Waals surface area contributed by atoms with Gasteiger partial charge in [0.1, 0.15) is 11.5 Å². The van der Waals surface area contributed by atoms with Crippen LogP contribution in [-0.4, -0.2) is 27.7 Å². The number of sulfonamides is 1. The molecule has 0 atom stereocenters. The van der Waals surface area contributed by atoms with Gasteiger partial charge in [0, 0.05) is 5.69 Å². The van der Waals surface area contributed by atoms with E-state index in [0.29, 0.717) is 22.8 Å². The van der Waals surface area contributed by atoms with E-state index in [-0.39, 0.29) is 11.6 Å². The van der Waals surface area contributed by atoms with Gasteiger partial charge in [0.15, 0.2) is 0 Å². The molecule has 1 heterocycles. The minimum absolute atomic E-state index is 0.242. The molecule has 0 aliphatic carbocycles. The lowest BCUT2D eigenvalue weighted by Crippen LogP contribution is -2.14. The van der Waals surface area contributed by atoms with Crippen LogP contribution in [0.15, 0.2) is 34.9 Å². The molecule has 0 saturated heterocycles. The normalized spacial score (nSPS) is 11.0. The van der Waals surface area contributed by atoms with Crippen LogP contribution in [0.25, 0.3) is 0 Å². The minimum atomic E-state index is -3.46. The Kier molecular flexibility index (Phi) is 4.41. The van der Waals surface area contributed by atoms with Crippen molar-refractivity contribution in [2.45, 2.75) is 6.92 Å². The van der Waals surface area contributed by atoms with Crippen molar-refractivity contribution in [2.75, 3.05) is 23.4 Å². The summed E-state index contributed by atoms with van der Waals surface area (Å²) in [7, 11) is -2.04. The van der Waals surface area contributed by atoms with Crippen LogP contribution >= 0.6 is 0 Å². The Morgan fingerprint density at radius 2 is 2.00 bits per heavy atom. The first kappa shape index (κ1) is 15.9. The number of hydrogen-bond acceptors (Lipinski definition) is 5. The van der Waals surface area contributed by atoms with Crippen molar-refractivity contribution in [3.63, 3.8) is 0 Å². The maximum absolute atomic E-state index is 12.1. The van der Waals surface area contributed by atoms with E-state index in [4.69, 9.17) is 9.15 Å². The van der Waals surface area contributed by atoms with Crippen LogP contribution in [0.2, 0.25) is 0 Å². The van der Waals surface area contributed by atoms with Crippen LogP contribution in [0.3, 0.4) is 0 Å². The van der Waals surface area contributed by atoms with E-state index in [1.807, 2.05) is 0 Å². The molecule has 0 radical (unpaired) electrons. The van der Waals surface area contributed by atoms with Crippen LogP contribution in [0, 0.1) is 6.92 Å². The van der Waals surface area contributed by atoms with E-state index in [0.717, 1.165) is 6.26 Å². The summed E-state index contributed by atoms with van der Waals surface area (Å²) < 4.78 is 35.2. The van der Waals surface area contributed by atoms with Gasteiger partial charge in [-0.1, -0.05) is 0 Å². The molecule has 1 aromatic carbocycles. The minimum Gasteiger partial charge on any atom is -0.495 e. The average Bonchev–Trinajstić information content (AvgIpc) is 2.83. The van der Waals surface area contributed by atoms with Crippen LogP contribution in [-0.2, 0) is 10.0 Å². The van der Waals surface area contributed by atoms with E-state index in [9.17, 15) is 13.2 Å². The number of anilines is 2. The first-order valence-corrected chi connectivity index (χ1v) is 8.20. The van der Waals surface area contributed by atoms with Crippen LogP contribution in [0.1, 0.15) is 16.1 Å². The van der Waals surface area contributed by atoms with Crippen LogP contribution in [0.5, 0.6) is 5.75 Å². The number of nitrogens with one attached hydrogen (secondary N) is 2. The summed E-state index contributed by atoms with van der Waals surface area (Å²) in [5, 5.41) is 2.67. The molecule has 2 aromatic rings. The molecule has 22 heavy (non-hydrogen) atoms. The molecule has 8 heteroatoms. The van der Waals surface area contributed by atoms with Crippen LogP contribution < -0.4 is 14.8 Å². The second kappa shape index (κ2) is 6.10. The number of benzene rings is 1. The number of carbonyl (C=O) groups excluding carboxylic acids is 1. The Bertz CT molecular complexity index is 795. The Morgan fingerprint density at radius 1 is 1.27 bits per heavy atom. The zero-order valence-corrected chi connectivity index (χ0v) is 13.2. The second-order valence-corrected chi connectivity index (χ2v) is 6.38. The lowest BCUT2D eigenvalue weighted by molar-refractivity contribution is 0.102. The van der Waals surface area contributed by atoms with Gasteiger partial charge in [0.25, 0.3) is 5.91 Å². The molecule has 0 saturated carbocycles. The van der Waals surface area contributed by atoms with E-state index in [1.165, 1.54) is 19.4 Å². The van der Waals surface area contributed by atoms with Crippen molar-refractivity contribution in [3.05, 3.63) is 41.9 Å². The number of rotatable bonds is 5. The van der Waals surface area contributed by atoms with E-state index in [2.05, 4.69) is 10.0 Å². The highest BCUT2D eigenvalue weighted by atomic mass is 32.2. The molecule has 0 aliphatic rings. The first-order chi connectivity index (χ1) is 10.3. The molecule has 2 rings (SSSR count). The summed E-state index contributed by atoms with van der Waals surface area (Å²) in [5.41, 5.74) is 1.08. The average molecular weight is 324 g/mol. The number of amides is 1. The molecular formula is C14H16N2O5S. The highest BCUT2D eigenvalue weighted by Gasteiger charge is 2.14. The third kappa shape index (κ3) is 3.79. The zero-order valence-electron chi connectivity index (χ0n) is 12.3. The summed E-state index contributed by atoms with van der Waals surface area (Å²) >= 11 is 0. The van der Waals surface area contributed by atoms with E-state index >= 15 is 0 Å². The Balaban J connectivity index is 2.27. The van der Waals surface area contributed by atoms with E-state index in [1.54, 1.807) is 25.1 Å². The van der Waals surface area contributed by atoms with Crippen molar-refractivity contribution in [2.24, 2.45) is 0 Å². The number of hydrogen-bond donors (Lipinski definition) is 2. The predicted octanol–water partition coefficient (Wildman–Crippen LogP) is 2.22. The van der Waals surface area contributed by atoms with Gasteiger partial charge in [-0.3, -0.25) is 9.52 Å². The molecule has 0 fully saturated rings. The smallest absolute Gasteiger partial charge is 0.259 e. The number of ether oxygens (including phenoxy) is 1. The van der Waals surface area contributed by atoms with Gasteiger partial charge in [-0.15, -0.1) is 0 Å².